The average Bonchev–Trinajstić information content (AvgIpc) is 3.00. The quantitative estimate of drug-likeness (QED) is 0.816. The second-order valence-electron chi connectivity index (χ2n) is 8.00. The van der Waals surface area contributed by atoms with Crippen molar-refractivity contribution in [3.05, 3.63) is 0 Å². The highest BCUT2D eigenvalue weighted by Crippen LogP contribution is 2.44. The lowest BCUT2D eigenvalue weighted by atomic mass is 9.67. The van der Waals surface area contributed by atoms with Crippen LogP contribution in [0.15, 0.2) is 0 Å². The Hall–Kier alpha value is -0.0800. The van der Waals surface area contributed by atoms with Gasteiger partial charge in [-0.2, -0.15) is 0 Å². The van der Waals surface area contributed by atoms with Crippen molar-refractivity contribution in [2.24, 2.45) is 17.8 Å². The Morgan fingerprint density at radius 3 is 2.20 bits per heavy atom. The minimum Gasteiger partial charge on any atom is -0.252 e. The van der Waals surface area contributed by atoms with E-state index in [-0.39, 0.29) is 0 Å². The molecular weight excluding hydrogens is 244 g/mol. The molecule has 0 aromatic carbocycles. The molecule has 2 heteroatoms. The predicted molar refractivity (Wildman–Crippen MR) is 83.3 cm³/mol. The number of rotatable bonds is 2. The zero-order chi connectivity index (χ0) is 13.4. The van der Waals surface area contributed by atoms with Crippen molar-refractivity contribution in [2.75, 3.05) is 6.54 Å². The molecule has 0 radical (unpaired) electrons. The second-order valence-corrected chi connectivity index (χ2v) is 8.00. The van der Waals surface area contributed by atoms with Gasteiger partial charge in [-0.05, 0) is 56.3 Å². The molecule has 0 bridgehead atoms. The van der Waals surface area contributed by atoms with Crippen molar-refractivity contribution in [1.29, 1.82) is 0 Å². The van der Waals surface area contributed by atoms with Crippen LogP contribution in [0.5, 0.6) is 0 Å². The number of hydrogen-bond donors (Lipinski definition) is 1. The summed E-state index contributed by atoms with van der Waals surface area (Å²) in [7, 11) is 0. The first-order valence-corrected chi connectivity index (χ1v) is 9.44. The third kappa shape index (κ3) is 2.54. The monoisotopic (exact) mass is 276 g/mol. The fraction of sp³-hybridized carbons (Fsp3) is 1.00. The maximum absolute atomic E-state index is 4.01. The molecule has 0 spiro atoms. The summed E-state index contributed by atoms with van der Waals surface area (Å²) in [4.78, 5) is 0. The van der Waals surface area contributed by atoms with Crippen molar-refractivity contribution in [1.82, 2.24) is 10.4 Å². The van der Waals surface area contributed by atoms with Gasteiger partial charge in [0.25, 0.3) is 0 Å². The molecule has 4 rings (SSSR count). The SMILES string of the molecule is C1CCC(CN2NC3CCCCC3C3CCCCC32)C1. The van der Waals surface area contributed by atoms with Crippen LogP contribution in [-0.4, -0.2) is 23.6 Å². The number of hydrogen-bond acceptors (Lipinski definition) is 2. The highest BCUT2D eigenvalue weighted by molar-refractivity contribution is 4.97. The third-order valence-electron chi connectivity index (χ3n) is 6.81. The van der Waals surface area contributed by atoms with E-state index < -0.39 is 0 Å². The van der Waals surface area contributed by atoms with Gasteiger partial charge < -0.3 is 0 Å². The Labute approximate surface area is 124 Å². The van der Waals surface area contributed by atoms with Crippen molar-refractivity contribution < 1.29 is 0 Å². The summed E-state index contributed by atoms with van der Waals surface area (Å²) in [5.41, 5.74) is 4.01. The predicted octanol–water partition coefficient (Wildman–Crippen LogP) is 4.11. The normalized spacial score (nSPS) is 43.2. The van der Waals surface area contributed by atoms with E-state index in [0.717, 1.165) is 29.8 Å². The summed E-state index contributed by atoms with van der Waals surface area (Å²) in [6.45, 7) is 1.35. The van der Waals surface area contributed by atoms with Crippen LogP contribution in [0.2, 0.25) is 0 Å². The third-order valence-corrected chi connectivity index (χ3v) is 6.81. The van der Waals surface area contributed by atoms with E-state index in [1.165, 1.54) is 83.6 Å². The lowest BCUT2D eigenvalue weighted by Crippen LogP contribution is -2.64. The largest absolute Gasteiger partial charge is 0.252 e. The molecule has 3 saturated carbocycles. The van der Waals surface area contributed by atoms with Gasteiger partial charge in [0.15, 0.2) is 0 Å². The van der Waals surface area contributed by atoms with Crippen molar-refractivity contribution in [3.63, 3.8) is 0 Å². The molecule has 4 unspecified atom stereocenters. The zero-order valence-corrected chi connectivity index (χ0v) is 13.0. The minimum atomic E-state index is 0.824. The molecular formula is C18H32N2. The summed E-state index contributed by atoms with van der Waals surface area (Å²) in [5.74, 6) is 3.02. The van der Waals surface area contributed by atoms with Crippen LogP contribution in [0, 0.1) is 17.8 Å². The first kappa shape index (κ1) is 13.6. The van der Waals surface area contributed by atoms with Crippen LogP contribution in [-0.2, 0) is 0 Å². The summed E-state index contributed by atoms with van der Waals surface area (Å²) in [6.07, 6.45) is 17.8. The van der Waals surface area contributed by atoms with Gasteiger partial charge in [-0.15, -0.1) is 0 Å². The van der Waals surface area contributed by atoms with Gasteiger partial charge in [0.1, 0.15) is 0 Å². The molecule has 0 aromatic rings. The molecule has 20 heavy (non-hydrogen) atoms. The van der Waals surface area contributed by atoms with Crippen LogP contribution in [0.25, 0.3) is 0 Å². The van der Waals surface area contributed by atoms with E-state index in [9.17, 15) is 0 Å². The topological polar surface area (TPSA) is 15.3 Å². The Kier molecular flexibility index (Phi) is 4.05. The molecule has 0 aromatic heterocycles. The van der Waals surface area contributed by atoms with Gasteiger partial charge >= 0.3 is 0 Å². The number of fused-ring (bicyclic) bond motifs is 3. The average molecular weight is 276 g/mol. The molecule has 1 aliphatic heterocycles. The molecule has 3 aliphatic carbocycles. The Morgan fingerprint density at radius 1 is 0.700 bits per heavy atom. The Morgan fingerprint density at radius 2 is 1.35 bits per heavy atom. The summed E-state index contributed by atoms with van der Waals surface area (Å²) in [6, 6.07) is 1.70. The maximum atomic E-state index is 4.01. The number of nitrogens with zero attached hydrogens (tertiary/aromatic N) is 1. The van der Waals surface area contributed by atoms with E-state index in [1.807, 2.05) is 0 Å². The van der Waals surface area contributed by atoms with E-state index >= 15 is 0 Å². The Bertz CT molecular complexity index is 323. The van der Waals surface area contributed by atoms with E-state index in [0.29, 0.717) is 0 Å². The molecule has 4 aliphatic rings. The fourth-order valence-electron chi connectivity index (χ4n) is 5.83. The van der Waals surface area contributed by atoms with Crippen LogP contribution < -0.4 is 5.43 Å². The summed E-state index contributed by atoms with van der Waals surface area (Å²) >= 11 is 0. The van der Waals surface area contributed by atoms with Crippen LogP contribution >= 0.6 is 0 Å². The molecule has 1 saturated heterocycles. The molecule has 1 N–H and O–H groups in total. The lowest BCUT2D eigenvalue weighted by molar-refractivity contribution is -0.0695. The van der Waals surface area contributed by atoms with Crippen molar-refractivity contribution in [3.8, 4) is 0 Å². The maximum Gasteiger partial charge on any atom is 0.0275 e. The van der Waals surface area contributed by atoms with Crippen molar-refractivity contribution >= 4 is 0 Å². The van der Waals surface area contributed by atoms with Crippen molar-refractivity contribution in [2.45, 2.75) is 89.1 Å². The summed E-state index contributed by atoms with van der Waals surface area (Å²) < 4.78 is 0. The zero-order valence-electron chi connectivity index (χ0n) is 13.0. The highest BCUT2D eigenvalue weighted by Gasteiger charge is 2.45. The van der Waals surface area contributed by atoms with Gasteiger partial charge in [-0.1, -0.05) is 38.5 Å². The van der Waals surface area contributed by atoms with Gasteiger partial charge in [0.05, 0.1) is 0 Å². The first-order chi connectivity index (χ1) is 9.92. The highest BCUT2D eigenvalue weighted by atomic mass is 15.5. The second kappa shape index (κ2) is 5.96. The van der Waals surface area contributed by atoms with E-state index in [4.69, 9.17) is 0 Å². The molecule has 0 amide bonds. The van der Waals surface area contributed by atoms with Gasteiger partial charge in [-0.25, -0.2) is 5.01 Å². The molecule has 114 valence electrons. The summed E-state index contributed by atoms with van der Waals surface area (Å²) in [5, 5.41) is 2.76. The standard InChI is InChI=1S/C18H32N2/c1-2-8-14(7-1)13-20-18-12-6-4-10-16(18)15-9-3-5-11-17(15)19-20/h14-19H,1-13H2. The van der Waals surface area contributed by atoms with Gasteiger partial charge in [-0.3, -0.25) is 5.43 Å². The van der Waals surface area contributed by atoms with Gasteiger partial charge in [0, 0.05) is 18.6 Å². The van der Waals surface area contributed by atoms with Crippen LogP contribution in [0.1, 0.15) is 77.0 Å². The minimum absolute atomic E-state index is 0.824. The fourth-order valence-corrected chi connectivity index (χ4v) is 5.83. The lowest BCUT2D eigenvalue weighted by Gasteiger charge is -2.54. The van der Waals surface area contributed by atoms with Crippen LogP contribution in [0.3, 0.4) is 0 Å². The number of hydrazine groups is 1. The molecule has 4 fully saturated rings. The smallest absolute Gasteiger partial charge is 0.0275 e. The molecule has 4 atom stereocenters. The Balaban J connectivity index is 1.49. The van der Waals surface area contributed by atoms with Gasteiger partial charge in [0.2, 0.25) is 0 Å². The molecule has 2 nitrogen and oxygen atoms in total. The van der Waals surface area contributed by atoms with E-state index in [1.54, 1.807) is 0 Å². The first-order valence-electron chi connectivity index (χ1n) is 9.44. The molecule has 1 heterocycles. The van der Waals surface area contributed by atoms with E-state index in [2.05, 4.69) is 10.4 Å². The van der Waals surface area contributed by atoms with Crippen LogP contribution in [0.4, 0.5) is 0 Å². The number of nitrogens with one attached hydrogen (secondary N) is 1.